The van der Waals surface area contributed by atoms with Crippen molar-refractivity contribution in [2.45, 2.75) is 31.3 Å². The molecule has 1 N–H and O–H groups in total. The second-order valence-corrected chi connectivity index (χ2v) is 8.16. The van der Waals surface area contributed by atoms with E-state index in [2.05, 4.69) is 20.6 Å². The summed E-state index contributed by atoms with van der Waals surface area (Å²) >= 11 is 0. The highest BCUT2D eigenvalue weighted by molar-refractivity contribution is 5.90. The first kappa shape index (κ1) is 22.0. The van der Waals surface area contributed by atoms with Gasteiger partial charge in [-0.15, -0.1) is 12.4 Å². The first-order valence-corrected chi connectivity index (χ1v) is 10.4. The molecule has 10 heteroatoms. The number of ether oxygens (including phenoxy) is 1. The Morgan fingerprint density at radius 3 is 2.72 bits per heavy atom. The summed E-state index contributed by atoms with van der Waals surface area (Å²) < 4.78 is 21.3. The van der Waals surface area contributed by atoms with Crippen molar-refractivity contribution in [1.29, 1.82) is 0 Å². The Morgan fingerprint density at radius 2 is 1.97 bits per heavy atom. The highest BCUT2D eigenvalue weighted by atomic mass is 35.5. The second kappa shape index (κ2) is 9.12. The van der Waals surface area contributed by atoms with E-state index in [-0.39, 0.29) is 24.3 Å². The molecule has 2 fully saturated rings. The van der Waals surface area contributed by atoms with Gasteiger partial charge in [0.25, 0.3) is 0 Å². The molecule has 8 nitrogen and oxygen atoms in total. The van der Waals surface area contributed by atoms with E-state index in [1.807, 2.05) is 6.07 Å². The Labute approximate surface area is 191 Å². The first-order chi connectivity index (χ1) is 15.1. The summed E-state index contributed by atoms with van der Waals surface area (Å²) in [5.74, 6) is 0.865. The normalized spacial score (nSPS) is 22.5. The van der Waals surface area contributed by atoms with Crippen molar-refractivity contribution >= 4 is 30.0 Å². The molecular formula is C22H24ClFN6O2. The smallest absolute Gasteiger partial charge is 0.415 e. The number of rotatable bonds is 5. The summed E-state index contributed by atoms with van der Waals surface area (Å²) in [7, 11) is 0. The number of nitrogens with one attached hydrogen (secondary N) is 1. The van der Waals surface area contributed by atoms with Crippen LogP contribution in [0.15, 0.2) is 55.0 Å². The van der Waals surface area contributed by atoms with Gasteiger partial charge in [-0.3, -0.25) is 4.90 Å². The van der Waals surface area contributed by atoms with Gasteiger partial charge in [-0.1, -0.05) is 12.1 Å². The lowest BCUT2D eigenvalue weighted by atomic mass is 9.78. The van der Waals surface area contributed by atoms with Gasteiger partial charge in [0.1, 0.15) is 22.9 Å². The number of aromatic nitrogens is 4. The highest BCUT2D eigenvalue weighted by Crippen LogP contribution is 2.40. The van der Waals surface area contributed by atoms with Crippen LogP contribution in [0, 0.1) is 11.7 Å². The van der Waals surface area contributed by atoms with Crippen molar-refractivity contribution < 1.29 is 13.9 Å². The number of anilines is 2. The van der Waals surface area contributed by atoms with Crippen LogP contribution in [0.25, 0.3) is 5.69 Å². The monoisotopic (exact) mass is 458 g/mol. The zero-order valence-electron chi connectivity index (χ0n) is 17.4. The van der Waals surface area contributed by atoms with Gasteiger partial charge in [0.05, 0.1) is 24.6 Å². The SMILES string of the molecule is Cl.O=C1O[C@]2(CC[C@H](CNc3ccn(-c4ccccc4F)n3)CC2)CN1c1ccnnc1. The third kappa shape index (κ3) is 4.38. The average Bonchev–Trinajstić information content (AvgIpc) is 3.39. The number of para-hydroxylation sites is 1. The molecule has 1 saturated heterocycles. The third-order valence-electron chi connectivity index (χ3n) is 6.13. The maximum atomic E-state index is 13.9. The van der Waals surface area contributed by atoms with Crippen molar-refractivity contribution in [3.8, 4) is 5.69 Å². The number of halogens is 2. The van der Waals surface area contributed by atoms with E-state index in [1.165, 1.54) is 10.7 Å². The molecule has 1 aromatic carbocycles. The summed E-state index contributed by atoms with van der Waals surface area (Å²) in [5.41, 5.74) is 0.710. The quantitative estimate of drug-likeness (QED) is 0.616. The number of hydrogen-bond donors (Lipinski definition) is 1. The molecule has 1 spiro atoms. The van der Waals surface area contributed by atoms with Gasteiger partial charge >= 0.3 is 6.09 Å². The van der Waals surface area contributed by atoms with Gasteiger partial charge < -0.3 is 10.1 Å². The van der Waals surface area contributed by atoms with E-state index in [4.69, 9.17) is 4.74 Å². The fourth-order valence-corrected chi connectivity index (χ4v) is 4.37. The van der Waals surface area contributed by atoms with E-state index >= 15 is 0 Å². The second-order valence-electron chi connectivity index (χ2n) is 8.16. The maximum absolute atomic E-state index is 13.9. The molecule has 3 aromatic rings. The molecule has 1 aliphatic heterocycles. The van der Waals surface area contributed by atoms with Crippen LogP contribution in [0.5, 0.6) is 0 Å². The Morgan fingerprint density at radius 1 is 1.16 bits per heavy atom. The lowest BCUT2D eigenvalue weighted by molar-refractivity contribution is 0.0148. The maximum Gasteiger partial charge on any atom is 0.415 e. The summed E-state index contributed by atoms with van der Waals surface area (Å²) in [6.45, 7) is 1.32. The van der Waals surface area contributed by atoms with Crippen molar-refractivity contribution in [3.05, 3.63) is 60.8 Å². The number of carbonyl (C=O) groups excluding carboxylic acids is 1. The zero-order valence-corrected chi connectivity index (χ0v) is 18.2. The Kier molecular flexibility index (Phi) is 6.27. The van der Waals surface area contributed by atoms with Crippen molar-refractivity contribution in [2.24, 2.45) is 5.92 Å². The van der Waals surface area contributed by atoms with Gasteiger partial charge in [0.2, 0.25) is 0 Å². The summed E-state index contributed by atoms with van der Waals surface area (Å²) in [4.78, 5) is 14.0. The van der Waals surface area contributed by atoms with Gasteiger partial charge in [-0.2, -0.15) is 15.3 Å². The molecule has 1 amide bonds. The minimum Gasteiger partial charge on any atom is -0.441 e. The predicted molar refractivity (Wildman–Crippen MR) is 120 cm³/mol. The number of nitrogens with zero attached hydrogens (tertiary/aromatic N) is 5. The first-order valence-electron chi connectivity index (χ1n) is 10.4. The van der Waals surface area contributed by atoms with Gasteiger partial charge in [0.15, 0.2) is 0 Å². The summed E-state index contributed by atoms with van der Waals surface area (Å²) in [6, 6.07) is 10.2. The molecule has 0 atom stereocenters. The average molecular weight is 459 g/mol. The van der Waals surface area contributed by atoms with E-state index in [0.717, 1.165) is 32.2 Å². The summed E-state index contributed by atoms with van der Waals surface area (Å²) in [5, 5.41) is 15.4. The predicted octanol–water partition coefficient (Wildman–Crippen LogP) is 4.22. The molecule has 2 aromatic heterocycles. The lowest BCUT2D eigenvalue weighted by Crippen LogP contribution is -2.39. The molecule has 1 aliphatic carbocycles. The van der Waals surface area contributed by atoms with Gasteiger partial charge in [-0.25, -0.2) is 13.9 Å². The topological polar surface area (TPSA) is 85.2 Å². The number of benzene rings is 1. The van der Waals surface area contributed by atoms with Crippen molar-refractivity contribution in [1.82, 2.24) is 20.0 Å². The number of hydrogen-bond acceptors (Lipinski definition) is 6. The summed E-state index contributed by atoms with van der Waals surface area (Å²) in [6.07, 6.45) is 8.14. The minimum atomic E-state index is -0.427. The molecule has 0 bridgehead atoms. The molecule has 168 valence electrons. The van der Waals surface area contributed by atoms with Crippen LogP contribution in [0.3, 0.4) is 0 Å². The van der Waals surface area contributed by atoms with Crippen LogP contribution in [0.2, 0.25) is 0 Å². The molecule has 3 heterocycles. The van der Waals surface area contributed by atoms with E-state index in [1.54, 1.807) is 47.8 Å². The molecule has 5 rings (SSSR count). The van der Waals surface area contributed by atoms with E-state index in [9.17, 15) is 9.18 Å². The van der Waals surface area contributed by atoms with E-state index in [0.29, 0.717) is 29.7 Å². The van der Waals surface area contributed by atoms with Crippen LogP contribution >= 0.6 is 12.4 Å². The molecular weight excluding hydrogens is 435 g/mol. The lowest BCUT2D eigenvalue weighted by Gasteiger charge is -2.35. The molecule has 2 aliphatic rings. The van der Waals surface area contributed by atoms with Crippen molar-refractivity contribution in [2.75, 3.05) is 23.3 Å². The standard InChI is InChI=1S/C22H23FN6O2.ClH/c23-18-3-1-2-4-19(18)29-12-8-20(27-29)24-13-16-5-9-22(10-6-16)15-28(21(30)31-22)17-7-11-25-26-14-17;/h1-4,7-8,11-12,14,16H,5-6,9-10,13,15H2,(H,24,27);1H/t16-,22-;. The van der Waals surface area contributed by atoms with E-state index < -0.39 is 5.60 Å². The number of amides is 1. The Balaban J connectivity index is 0.00000245. The van der Waals surface area contributed by atoms with Crippen LogP contribution in [-0.4, -0.2) is 44.8 Å². The van der Waals surface area contributed by atoms with Crippen LogP contribution < -0.4 is 10.2 Å². The Bertz CT molecular complexity index is 1070. The zero-order chi connectivity index (χ0) is 21.3. The molecule has 0 unspecified atom stereocenters. The fraction of sp³-hybridized carbons (Fsp3) is 0.364. The van der Waals surface area contributed by atoms with Crippen LogP contribution in [0.4, 0.5) is 20.7 Å². The number of carbonyl (C=O) groups is 1. The van der Waals surface area contributed by atoms with Crippen LogP contribution in [0.1, 0.15) is 25.7 Å². The van der Waals surface area contributed by atoms with Crippen molar-refractivity contribution in [3.63, 3.8) is 0 Å². The van der Waals surface area contributed by atoms with Crippen LogP contribution in [-0.2, 0) is 4.74 Å². The Hall–Kier alpha value is -3.20. The fourth-order valence-electron chi connectivity index (χ4n) is 4.37. The van der Waals surface area contributed by atoms with Gasteiger partial charge in [-0.05, 0) is 49.8 Å². The highest BCUT2D eigenvalue weighted by Gasteiger charge is 2.47. The molecule has 32 heavy (non-hydrogen) atoms. The third-order valence-corrected chi connectivity index (χ3v) is 6.13. The molecule has 1 saturated carbocycles. The molecule has 0 radical (unpaired) electrons. The van der Waals surface area contributed by atoms with Gasteiger partial charge in [0, 0.05) is 18.8 Å². The largest absolute Gasteiger partial charge is 0.441 e. The minimum absolute atomic E-state index is 0.